The standard InChI is InChI=1S/C19H25NO6S/c1-26-17-3-2-15(19(22)23)11-16(17)10-13-4-7-20(12-13)18(21)14-5-8-27(24,25)9-6-14/h2-3,11,13-14H,4-10,12H2,1H3,(H,22,23). The van der Waals surface area contributed by atoms with E-state index in [0.717, 1.165) is 12.0 Å². The van der Waals surface area contributed by atoms with Crippen LogP contribution in [0.4, 0.5) is 0 Å². The number of aromatic carboxylic acids is 1. The van der Waals surface area contributed by atoms with Gasteiger partial charge in [0.15, 0.2) is 0 Å². The van der Waals surface area contributed by atoms with Gasteiger partial charge in [-0.2, -0.15) is 0 Å². The van der Waals surface area contributed by atoms with Crippen LogP contribution in [0.5, 0.6) is 5.75 Å². The maximum atomic E-state index is 12.7. The van der Waals surface area contributed by atoms with Gasteiger partial charge in [-0.1, -0.05) is 0 Å². The number of amides is 1. The quantitative estimate of drug-likeness (QED) is 0.813. The minimum Gasteiger partial charge on any atom is -0.496 e. The first-order valence-electron chi connectivity index (χ1n) is 9.18. The first-order valence-corrected chi connectivity index (χ1v) is 11.0. The van der Waals surface area contributed by atoms with Gasteiger partial charge in [0.1, 0.15) is 15.6 Å². The fraction of sp³-hybridized carbons (Fsp3) is 0.579. The van der Waals surface area contributed by atoms with E-state index in [0.29, 0.717) is 38.1 Å². The van der Waals surface area contributed by atoms with E-state index >= 15 is 0 Å². The lowest BCUT2D eigenvalue weighted by Crippen LogP contribution is -2.38. The number of benzene rings is 1. The van der Waals surface area contributed by atoms with E-state index in [-0.39, 0.29) is 34.8 Å². The minimum absolute atomic E-state index is 0.0543. The summed E-state index contributed by atoms with van der Waals surface area (Å²) in [6, 6.07) is 4.82. The zero-order chi connectivity index (χ0) is 19.6. The van der Waals surface area contributed by atoms with Crippen LogP contribution in [0.1, 0.15) is 35.2 Å². The number of sulfone groups is 1. The maximum Gasteiger partial charge on any atom is 0.335 e. The number of nitrogens with zero attached hydrogens (tertiary/aromatic N) is 1. The van der Waals surface area contributed by atoms with Crippen molar-refractivity contribution in [2.45, 2.75) is 25.7 Å². The van der Waals surface area contributed by atoms with Gasteiger partial charge in [-0.15, -0.1) is 0 Å². The number of likely N-dealkylation sites (tertiary alicyclic amines) is 1. The van der Waals surface area contributed by atoms with Crippen LogP contribution in [0.3, 0.4) is 0 Å². The fourth-order valence-corrected chi connectivity index (χ4v) is 5.47. The zero-order valence-electron chi connectivity index (χ0n) is 15.4. The van der Waals surface area contributed by atoms with E-state index in [2.05, 4.69) is 0 Å². The van der Waals surface area contributed by atoms with E-state index in [4.69, 9.17) is 4.74 Å². The predicted molar refractivity (Wildman–Crippen MR) is 99.7 cm³/mol. The van der Waals surface area contributed by atoms with Crippen molar-refractivity contribution in [3.05, 3.63) is 29.3 Å². The number of carbonyl (C=O) groups is 2. The van der Waals surface area contributed by atoms with Gasteiger partial charge < -0.3 is 14.7 Å². The van der Waals surface area contributed by atoms with Gasteiger partial charge in [-0.05, 0) is 55.4 Å². The van der Waals surface area contributed by atoms with Crippen molar-refractivity contribution < 1.29 is 27.9 Å². The molecular formula is C19H25NO6S. The van der Waals surface area contributed by atoms with Crippen molar-refractivity contribution in [1.82, 2.24) is 4.90 Å². The molecule has 8 heteroatoms. The molecule has 0 bridgehead atoms. The summed E-state index contributed by atoms with van der Waals surface area (Å²) < 4.78 is 28.5. The Morgan fingerprint density at radius 3 is 2.56 bits per heavy atom. The van der Waals surface area contributed by atoms with Gasteiger partial charge in [-0.25, -0.2) is 13.2 Å². The van der Waals surface area contributed by atoms with Gasteiger partial charge in [-0.3, -0.25) is 4.79 Å². The summed E-state index contributed by atoms with van der Waals surface area (Å²) >= 11 is 0. The van der Waals surface area contributed by atoms with Crippen LogP contribution in [0.2, 0.25) is 0 Å². The van der Waals surface area contributed by atoms with Crippen molar-refractivity contribution >= 4 is 21.7 Å². The fourth-order valence-electron chi connectivity index (χ4n) is 3.98. The smallest absolute Gasteiger partial charge is 0.335 e. The van der Waals surface area contributed by atoms with Gasteiger partial charge in [0.05, 0.1) is 24.2 Å². The lowest BCUT2D eigenvalue weighted by Gasteiger charge is -2.26. The molecule has 7 nitrogen and oxygen atoms in total. The molecule has 148 valence electrons. The second-order valence-electron chi connectivity index (χ2n) is 7.40. The SMILES string of the molecule is COc1ccc(C(=O)O)cc1CC1CCN(C(=O)C2CCS(=O)(=O)CC2)C1. The number of carboxylic acids is 1. The molecule has 0 aromatic heterocycles. The summed E-state index contributed by atoms with van der Waals surface area (Å²) in [6.07, 6.45) is 2.32. The molecule has 2 saturated heterocycles. The van der Waals surface area contributed by atoms with Gasteiger partial charge in [0.2, 0.25) is 5.91 Å². The summed E-state index contributed by atoms with van der Waals surface area (Å²) in [5.41, 5.74) is 1.06. The molecule has 1 atom stereocenters. The Morgan fingerprint density at radius 1 is 1.22 bits per heavy atom. The molecular weight excluding hydrogens is 370 g/mol. The molecule has 1 aromatic carbocycles. The third-order valence-corrected chi connectivity index (χ3v) is 7.25. The zero-order valence-corrected chi connectivity index (χ0v) is 16.2. The minimum atomic E-state index is -2.98. The molecule has 1 amide bonds. The topological polar surface area (TPSA) is 101 Å². The second-order valence-corrected chi connectivity index (χ2v) is 9.70. The highest BCUT2D eigenvalue weighted by molar-refractivity contribution is 7.91. The van der Waals surface area contributed by atoms with Crippen LogP contribution >= 0.6 is 0 Å². The average molecular weight is 395 g/mol. The normalized spacial score (nSPS) is 22.6. The molecule has 2 heterocycles. The van der Waals surface area contributed by atoms with Gasteiger partial charge in [0, 0.05) is 19.0 Å². The Labute approximate surface area is 159 Å². The second kappa shape index (κ2) is 7.88. The monoisotopic (exact) mass is 395 g/mol. The lowest BCUT2D eigenvalue weighted by atomic mass is 9.96. The molecule has 0 radical (unpaired) electrons. The first kappa shape index (κ1) is 19.7. The van der Waals surface area contributed by atoms with Crippen molar-refractivity contribution in [3.63, 3.8) is 0 Å². The third kappa shape index (κ3) is 4.61. The molecule has 1 N–H and O–H groups in total. The summed E-state index contributed by atoms with van der Waals surface area (Å²) in [7, 11) is -1.42. The van der Waals surface area contributed by atoms with Crippen LogP contribution in [0.25, 0.3) is 0 Å². The average Bonchev–Trinajstić information content (AvgIpc) is 3.09. The van der Waals surface area contributed by atoms with E-state index in [9.17, 15) is 23.1 Å². The maximum absolute atomic E-state index is 12.7. The molecule has 2 fully saturated rings. The summed E-state index contributed by atoms with van der Waals surface area (Å²) in [5, 5.41) is 9.19. The Bertz CT molecular complexity index is 821. The number of carbonyl (C=O) groups excluding carboxylic acids is 1. The first-order chi connectivity index (χ1) is 12.8. The van der Waals surface area contributed by atoms with Crippen molar-refractivity contribution in [1.29, 1.82) is 0 Å². The highest BCUT2D eigenvalue weighted by Crippen LogP contribution is 2.29. The number of rotatable bonds is 5. The molecule has 1 unspecified atom stereocenters. The van der Waals surface area contributed by atoms with Gasteiger partial charge in [0.25, 0.3) is 0 Å². The molecule has 2 aliphatic heterocycles. The van der Waals surface area contributed by atoms with Crippen LogP contribution in [-0.2, 0) is 21.1 Å². The number of carboxylic acid groups (broad SMARTS) is 1. The Morgan fingerprint density at radius 2 is 1.93 bits per heavy atom. The molecule has 0 spiro atoms. The summed E-state index contributed by atoms with van der Waals surface area (Å²) in [4.78, 5) is 25.8. The molecule has 0 saturated carbocycles. The van der Waals surface area contributed by atoms with Crippen molar-refractivity contribution in [2.24, 2.45) is 11.8 Å². The van der Waals surface area contributed by atoms with Crippen molar-refractivity contribution in [3.8, 4) is 5.75 Å². The predicted octanol–water partition coefficient (Wildman–Crippen LogP) is 1.61. The summed E-state index contributed by atoms with van der Waals surface area (Å²) in [5.74, 6) is -0.0358. The van der Waals surface area contributed by atoms with E-state index in [1.165, 1.54) is 6.07 Å². The van der Waals surface area contributed by atoms with E-state index in [1.807, 2.05) is 4.90 Å². The van der Waals surface area contributed by atoms with Crippen LogP contribution in [0.15, 0.2) is 18.2 Å². The molecule has 27 heavy (non-hydrogen) atoms. The Hall–Kier alpha value is -2.09. The number of hydrogen-bond donors (Lipinski definition) is 1. The Kier molecular flexibility index (Phi) is 5.74. The van der Waals surface area contributed by atoms with E-state index in [1.54, 1.807) is 19.2 Å². The van der Waals surface area contributed by atoms with Gasteiger partial charge >= 0.3 is 5.97 Å². The van der Waals surface area contributed by atoms with Crippen LogP contribution in [-0.4, -0.2) is 62.0 Å². The van der Waals surface area contributed by atoms with Crippen LogP contribution < -0.4 is 4.74 Å². The number of ether oxygens (including phenoxy) is 1. The third-order valence-electron chi connectivity index (χ3n) is 5.54. The highest BCUT2D eigenvalue weighted by atomic mass is 32.2. The molecule has 3 rings (SSSR count). The van der Waals surface area contributed by atoms with Crippen LogP contribution in [0, 0.1) is 11.8 Å². The lowest BCUT2D eigenvalue weighted by molar-refractivity contribution is -0.134. The molecule has 1 aromatic rings. The number of methoxy groups -OCH3 is 1. The number of hydrogen-bond acceptors (Lipinski definition) is 5. The molecule has 0 aliphatic carbocycles. The molecule has 2 aliphatic rings. The van der Waals surface area contributed by atoms with E-state index < -0.39 is 15.8 Å². The van der Waals surface area contributed by atoms with Crippen molar-refractivity contribution in [2.75, 3.05) is 31.7 Å². The summed E-state index contributed by atoms with van der Waals surface area (Å²) in [6.45, 7) is 1.27. The largest absolute Gasteiger partial charge is 0.496 e. The Balaban J connectivity index is 1.62. The highest BCUT2D eigenvalue weighted by Gasteiger charge is 2.34.